The number of aromatic nitrogens is 1. The van der Waals surface area contributed by atoms with Gasteiger partial charge in [0.2, 0.25) is 0 Å². The van der Waals surface area contributed by atoms with Crippen molar-refractivity contribution in [3.05, 3.63) is 35.0 Å². The van der Waals surface area contributed by atoms with Crippen molar-refractivity contribution in [2.24, 2.45) is 5.41 Å². The van der Waals surface area contributed by atoms with Crippen molar-refractivity contribution in [1.29, 1.82) is 0 Å². The maximum Gasteiger partial charge on any atom is 0.119 e. The zero-order chi connectivity index (χ0) is 20.1. The van der Waals surface area contributed by atoms with E-state index in [1.165, 1.54) is 0 Å². The fourth-order valence-corrected chi connectivity index (χ4v) is 4.55. The van der Waals surface area contributed by atoms with Crippen LogP contribution >= 0.6 is 23.2 Å². The number of hydrogen-bond donors (Lipinski definition) is 0. The minimum atomic E-state index is -0.939. The number of fused-ring (bicyclic) bond motifs is 1. The third kappa shape index (κ3) is 4.53. The highest BCUT2D eigenvalue weighted by molar-refractivity contribution is 6.32. The number of carboxylic acids is 1. The van der Waals surface area contributed by atoms with Crippen molar-refractivity contribution in [3.8, 4) is 5.75 Å². The number of alkyl halides is 1. The number of rotatable bonds is 8. The van der Waals surface area contributed by atoms with Gasteiger partial charge in [0.05, 0.1) is 17.6 Å². The molecule has 1 aliphatic heterocycles. The number of aliphatic carboxylic acids is 1. The van der Waals surface area contributed by atoms with Crippen molar-refractivity contribution in [2.75, 3.05) is 32.6 Å². The number of ether oxygens (including phenoxy) is 1. The van der Waals surface area contributed by atoms with Crippen LogP contribution in [0.2, 0.25) is 5.02 Å². The molecule has 0 amide bonds. The summed E-state index contributed by atoms with van der Waals surface area (Å²) in [6.45, 7) is 2.29. The Morgan fingerprint density at radius 1 is 1.36 bits per heavy atom. The van der Waals surface area contributed by atoms with Crippen LogP contribution in [0.1, 0.15) is 31.2 Å². The predicted octanol–water partition coefficient (Wildman–Crippen LogP) is 3.29. The van der Waals surface area contributed by atoms with E-state index in [2.05, 4.69) is 9.88 Å². The van der Waals surface area contributed by atoms with Crippen molar-refractivity contribution < 1.29 is 14.6 Å². The molecule has 2 aromatic rings. The van der Waals surface area contributed by atoms with Gasteiger partial charge in [0.15, 0.2) is 0 Å². The van der Waals surface area contributed by atoms with Gasteiger partial charge in [-0.25, -0.2) is 0 Å². The highest BCUT2D eigenvalue weighted by Crippen LogP contribution is 2.37. The number of methoxy groups -OCH3 is 1. The van der Waals surface area contributed by atoms with Crippen LogP contribution in [0.4, 0.5) is 0 Å². The predicted molar refractivity (Wildman–Crippen MR) is 110 cm³/mol. The summed E-state index contributed by atoms with van der Waals surface area (Å²) in [7, 11) is 1.62. The number of nitrogens with zero attached hydrogens (tertiary/aromatic N) is 2. The first-order chi connectivity index (χ1) is 13.5. The van der Waals surface area contributed by atoms with Crippen LogP contribution in [-0.2, 0) is 11.2 Å². The average Bonchev–Trinajstić information content (AvgIpc) is 2.70. The summed E-state index contributed by atoms with van der Waals surface area (Å²) in [6.07, 6.45) is 4.85. The van der Waals surface area contributed by atoms with Crippen LogP contribution < -0.4 is 9.84 Å². The third-order valence-electron chi connectivity index (χ3n) is 5.86. The Morgan fingerprint density at radius 3 is 2.75 bits per heavy atom. The van der Waals surface area contributed by atoms with E-state index in [0.29, 0.717) is 36.6 Å². The molecule has 5 nitrogen and oxygen atoms in total. The molecule has 7 heteroatoms. The Hall–Kier alpha value is -1.56. The number of pyridine rings is 1. The summed E-state index contributed by atoms with van der Waals surface area (Å²) in [5, 5.41) is 13.5. The van der Waals surface area contributed by atoms with Gasteiger partial charge in [-0.3, -0.25) is 4.98 Å². The van der Waals surface area contributed by atoms with E-state index in [4.69, 9.17) is 27.9 Å². The first kappa shape index (κ1) is 21.2. The number of benzene rings is 1. The molecule has 0 saturated carbocycles. The van der Waals surface area contributed by atoms with E-state index in [1.807, 2.05) is 18.2 Å². The normalized spacial score (nSPS) is 17.0. The molecule has 28 heavy (non-hydrogen) atoms. The molecule has 3 rings (SSSR count). The Bertz CT molecular complexity index is 836. The van der Waals surface area contributed by atoms with Crippen LogP contribution in [0.15, 0.2) is 24.4 Å². The molecule has 2 heterocycles. The number of likely N-dealkylation sites (tertiary alicyclic amines) is 1. The van der Waals surface area contributed by atoms with Crippen molar-refractivity contribution >= 4 is 40.1 Å². The molecule has 0 atom stereocenters. The van der Waals surface area contributed by atoms with Gasteiger partial charge < -0.3 is 19.5 Å². The lowest BCUT2D eigenvalue weighted by Gasteiger charge is -2.42. The monoisotopic (exact) mass is 423 g/mol. The molecule has 0 N–H and O–H groups in total. The quantitative estimate of drug-likeness (QED) is 0.609. The Balaban J connectivity index is 1.73. The summed E-state index contributed by atoms with van der Waals surface area (Å²) in [4.78, 5) is 18.5. The van der Waals surface area contributed by atoms with Crippen LogP contribution in [-0.4, -0.2) is 48.5 Å². The fourth-order valence-electron chi connectivity index (χ4n) is 4.07. The lowest BCUT2D eigenvalue weighted by molar-refractivity contribution is -0.321. The van der Waals surface area contributed by atoms with Gasteiger partial charge in [0.25, 0.3) is 0 Å². The number of aryl methyl sites for hydroxylation is 1. The molecule has 0 aliphatic carbocycles. The van der Waals surface area contributed by atoms with Gasteiger partial charge in [-0.05, 0) is 69.0 Å². The molecule has 0 unspecified atom stereocenters. The molecule has 152 valence electrons. The van der Waals surface area contributed by atoms with Gasteiger partial charge in [-0.2, -0.15) is 0 Å². The topological polar surface area (TPSA) is 65.5 Å². The van der Waals surface area contributed by atoms with E-state index in [9.17, 15) is 9.90 Å². The van der Waals surface area contributed by atoms with E-state index in [1.54, 1.807) is 13.3 Å². The number of carboxylic acid groups (broad SMARTS) is 1. The van der Waals surface area contributed by atoms with E-state index in [-0.39, 0.29) is 0 Å². The molecule has 1 aromatic heterocycles. The average molecular weight is 424 g/mol. The molecule has 1 aliphatic rings. The molecule has 1 fully saturated rings. The number of halogens is 2. The molecular formula is C21H25Cl2N2O3-. The molecular weight excluding hydrogens is 399 g/mol. The third-order valence-corrected chi connectivity index (χ3v) is 6.36. The second-order valence-electron chi connectivity index (χ2n) is 7.42. The van der Waals surface area contributed by atoms with Crippen LogP contribution in [0, 0.1) is 5.41 Å². The van der Waals surface area contributed by atoms with Crippen LogP contribution in [0.3, 0.4) is 0 Å². The number of hydrogen-bond acceptors (Lipinski definition) is 5. The van der Waals surface area contributed by atoms with E-state index in [0.717, 1.165) is 48.3 Å². The zero-order valence-electron chi connectivity index (χ0n) is 16.0. The largest absolute Gasteiger partial charge is 0.550 e. The minimum absolute atomic E-state index is 0.565. The second-order valence-corrected chi connectivity index (χ2v) is 8.20. The summed E-state index contributed by atoms with van der Waals surface area (Å²) in [5.74, 6) is 0.371. The number of carbonyl (C=O) groups excluding carboxylic acids is 1. The summed E-state index contributed by atoms with van der Waals surface area (Å²) in [5.41, 5.74) is 1.07. The van der Waals surface area contributed by atoms with Gasteiger partial charge in [0.1, 0.15) is 5.75 Å². The summed E-state index contributed by atoms with van der Waals surface area (Å²) in [6, 6.07) is 5.71. The molecule has 1 saturated heterocycles. The molecule has 0 radical (unpaired) electrons. The lowest BCUT2D eigenvalue weighted by Crippen LogP contribution is -2.50. The van der Waals surface area contributed by atoms with E-state index < -0.39 is 11.4 Å². The van der Waals surface area contributed by atoms with Gasteiger partial charge in [-0.15, -0.1) is 11.6 Å². The standard InChI is InChI=1S/C21H26Cl2N2O3/c1-28-15-4-5-19-17(13-15)16(18(23)14-24-19)3-2-6-21(20(26)27)7-10-25(11-8-21)12-9-22/h4-5,13-14H,2-3,6-12H2,1H3,(H,26,27)/p-1. The highest BCUT2D eigenvalue weighted by Gasteiger charge is 2.35. The summed E-state index contributed by atoms with van der Waals surface area (Å²) >= 11 is 12.2. The Kier molecular flexibility index (Phi) is 7.02. The van der Waals surface area contributed by atoms with E-state index >= 15 is 0 Å². The number of piperidine rings is 1. The first-order valence-electron chi connectivity index (χ1n) is 9.60. The van der Waals surface area contributed by atoms with Crippen molar-refractivity contribution in [3.63, 3.8) is 0 Å². The highest BCUT2D eigenvalue weighted by atomic mass is 35.5. The smallest absolute Gasteiger partial charge is 0.119 e. The van der Waals surface area contributed by atoms with Gasteiger partial charge in [-0.1, -0.05) is 11.6 Å². The maximum absolute atomic E-state index is 11.9. The molecule has 0 bridgehead atoms. The Labute approximate surface area is 175 Å². The summed E-state index contributed by atoms with van der Waals surface area (Å²) < 4.78 is 5.32. The lowest BCUT2D eigenvalue weighted by atomic mass is 9.74. The van der Waals surface area contributed by atoms with Crippen LogP contribution in [0.25, 0.3) is 10.9 Å². The van der Waals surface area contributed by atoms with Gasteiger partial charge >= 0.3 is 0 Å². The Morgan fingerprint density at radius 2 is 2.11 bits per heavy atom. The molecule has 0 spiro atoms. The zero-order valence-corrected chi connectivity index (χ0v) is 17.6. The van der Waals surface area contributed by atoms with Gasteiger partial charge in [0, 0.05) is 35.4 Å². The van der Waals surface area contributed by atoms with Crippen LogP contribution in [0.5, 0.6) is 5.75 Å². The van der Waals surface area contributed by atoms with Crippen molar-refractivity contribution in [2.45, 2.75) is 32.1 Å². The SMILES string of the molecule is COc1ccc2ncc(Cl)c(CCCC3(C(=O)[O-])CCN(CCCl)CC3)c2c1. The maximum atomic E-state index is 11.9. The fraction of sp³-hybridized carbons (Fsp3) is 0.524. The second kappa shape index (κ2) is 9.29. The van der Waals surface area contributed by atoms with Crippen molar-refractivity contribution in [1.82, 2.24) is 9.88 Å². The number of carbonyl (C=O) groups is 1. The molecule has 1 aromatic carbocycles. The minimum Gasteiger partial charge on any atom is -0.550 e. The first-order valence-corrected chi connectivity index (χ1v) is 10.5.